The molecule has 0 saturated heterocycles. The van der Waals surface area contributed by atoms with Crippen molar-refractivity contribution in [1.29, 1.82) is 0 Å². The van der Waals surface area contributed by atoms with Crippen LogP contribution in [0.3, 0.4) is 0 Å². The first-order valence-electron chi connectivity index (χ1n) is 7.87. The Balaban J connectivity index is 1.91. The molecule has 2 N–H and O–H groups in total. The van der Waals surface area contributed by atoms with Crippen LogP contribution in [-0.4, -0.2) is 23.8 Å². The Hall–Kier alpha value is -3.29. The number of nitrogens with zero attached hydrogens (tertiary/aromatic N) is 4. The van der Waals surface area contributed by atoms with Gasteiger partial charge in [0.2, 0.25) is 0 Å². The minimum atomic E-state index is -0.479. The number of hydrogen-bond acceptors (Lipinski definition) is 7. The lowest BCUT2D eigenvalue weighted by Crippen LogP contribution is -2.31. The van der Waals surface area contributed by atoms with Crippen molar-refractivity contribution in [3.63, 3.8) is 0 Å². The van der Waals surface area contributed by atoms with E-state index in [-0.39, 0.29) is 11.5 Å². The van der Waals surface area contributed by atoms with Crippen LogP contribution in [-0.2, 0) is 0 Å². The first-order valence-corrected chi connectivity index (χ1v) is 7.87. The highest BCUT2D eigenvalue weighted by molar-refractivity contribution is 6.05. The number of rotatable bonds is 4. The van der Waals surface area contributed by atoms with E-state index in [4.69, 9.17) is 5.73 Å². The molecule has 3 rings (SSSR count). The van der Waals surface area contributed by atoms with E-state index in [9.17, 15) is 14.9 Å². The van der Waals surface area contributed by atoms with Gasteiger partial charge in [-0.05, 0) is 31.2 Å². The first kappa shape index (κ1) is 16.6. The van der Waals surface area contributed by atoms with Gasteiger partial charge in [-0.15, -0.1) is 5.11 Å². The third-order valence-corrected chi connectivity index (χ3v) is 4.11. The van der Waals surface area contributed by atoms with Gasteiger partial charge in [-0.1, -0.05) is 0 Å². The highest BCUT2D eigenvalue weighted by atomic mass is 16.6. The summed E-state index contributed by atoms with van der Waals surface area (Å²) in [6.45, 7) is 3.51. The van der Waals surface area contributed by atoms with Gasteiger partial charge in [0.15, 0.2) is 5.78 Å². The van der Waals surface area contributed by atoms with Crippen LogP contribution in [0.4, 0.5) is 28.4 Å². The lowest BCUT2D eigenvalue weighted by Gasteiger charge is -2.29. The summed E-state index contributed by atoms with van der Waals surface area (Å²) >= 11 is 0. The van der Waals surface area contributed by atoms with Crippen molar-refractivity contribution in [2.24, 2.45) is 10.2 Å². The summed E-state index contributed by atoms with van der Waals surface area (Å²) in [4.78, 5) is 24.5. The molecule has 0 spiro atoms. The van der Waals surface area contributed by atoms with Gasteiger partial charge in [-0.2, -0.15) is 5.11 Å². The number of nitrogen functional groups attached to an aromatic ring is 1. The molecule has 25 heavy (non-hydrogen) atoms. The molecule has 128 valence electrons. The maximum atomic E-state index is 12.2. The molecule has 0 bridgehead atoms. The lowest BCUT2D eigenvalue weighted by atomic mass is 9.99. The minimum Gasteiger partial charge on any atom is -0.397 e. The number of carbonyl (C=O) groups is 1. The van der Waals surface area contributed by atoms with Crippen LogP contribution in [0.25, 0.3) is 0 Å². The van der Waals surface area contributed by atoms with Crippen LogP contribution in [0.2, 0.25) is 0 Å². The highest BCUT2D eigenvalue weighted by Gasteiger charge is 2.23. The fourth-order valence-electron chi connectivity index (χ4n) is 2.74. The number of carbonyl (C=O) groups excluding carboxylic acids is 1. The van der Waals surface area contributed by atoms with Gasteiger partial charge in [0.05, 0.1) is 16.3 Å². The fraction of sp³-hybridized carbons (Fsp3) is 0.235. The van der Waals surface area contributed by atoms with E-state index in [0.29, 0.717) is 35.6 Å². The minimum absolute atomic E-state index is 0.0162. The number of anilines is 2. The van der Waals surface area contributed by atoms with Gasteiger partial charge in [0.25, 0.3) is 5.69 Å². The zero-order valence-electron chi connectivity index (χ0n) is 13.7. The molecule has 1 aliphatic heterocycles. The monoisotopic (exact) mass is 339 g/mol. The number of hydrogen-bond donors (Lipinski definition) is 1. The second kappa shape index (κ2) is 6.68. The Kier molecular flexibility index (Phi) is 4.42. The molecule has 0 aromatic heterocycles. The molecular weight excluding hydrogens is 322 g/mol. The van der Waals surface area contributed by atoms with E-state index < -0.39 is 4.92 Å². The molecule has 2 aromatic carbocycles. The topological polar surface area (TPSA) is 114 Å². The predicted molar refractivity (Wildman–Crippen MR) is 95.0 cm³/mol. The molecule has 0 unspecified atom stereocenters. The van der Waals surface area contributed by atoms with E-state index in [1.54, 1.807) is 12.1 Å². The number of non-ortho nitro benzene ring substituents is 1. The second-order valence-corrected chi connectivity index (χ2v) is 5.65. The molecule has 8 heteroatoms. The van der Waals surface area contributed by atoms with Crippen molar-refractivity contribution in [3.8, 4) is 0 Å². The number of nitrogens with two attached hydrogens (primary N) is 1. The summed E-state index contributed by atoms with van der Waals surface area (Å²) in [6.07, 6.45) is 0.462. The van der Waals surface area contributed by atoms with E-state index in [2.05, 4.69) is 15.1 Å². The summed E-state index contributed by atoms with van der Waals surface area (Å²) in [6, 6.07) is 9.12. The maximum absolute atomic E-state index is 12.2. The Labute approximate surface area is 144 Å². The number of Topliss-reactive ketones (excluding diaryl/α,β-unsaturated/α-hetero) is 1. The predicted octanol–water partition coefficient (Wildman–Crippen LogP) is 4.01. The van der Waals surface area contributed by atoms with Crippen molar-refractivity contribution < 1.29 is 9.72 Å². The van der Waals surface area contributed by atoms with Crippen LogP contribution in [0.15, 0.2) is 46.6 Å². The molecule has 0 atom stereocenters. The normalized spacial score (nSPS) is 14.0. The van der Waals surface area contributed by atoms with Gasteiger partial charge in [0, 0.05) is 42.9 Å². The largest absolute Gasteiger partial charge is 0.397 e. The number of nitro groups is 1. The Bertz CT molecular complexity index is 861. The highest BCUT2D eigenvalue weighted by Crippen LogP contribution is 2.36. The molecule has 0 aliphatic carbocycles. The first-order chi connectivity index (χ1) is 12.0. The summed E-state index contributed by atoms with van der Waals surface area (Å²) in [5, 5.41) is 18.8. The summed E-state index contributed by atoms with van der Waals surface area (Å²) in [5.41, 5.74) is 8.76. The quantitative estimate of drug-likeness (QED) is 0.391. The summed E-state index contributed by atoms with van der Waals surface area (Å²) < 4.78 is 0. The third kappa shape index (κ3) is 3.32. The maximum Gasteiger partial charge on any atom is 0.269 e. The number of azo groups is 1. The Morgan fingerprint density at radius 1 is 1.24 bits per heavy atom. The van der Waals surface area contributed by atoms with E-state index in [1.165, 1.54) is 24.3 Å². The van der Waals surface area contributed by atoms with Crippen LogP contribution < -0.4 is 10.6 Å². The van der Waals surface area contributed by atoms with Crippen LogP contribution >= 0.6 is 0 Å². The fourth-order valence-corrected chi connectivity index (χ4v) is 2.74. The van der Waals surface area contributed by atoms with Crippen LogP contribution in [0, 0.1) is 10.1 Å². The van der Waals surface area contributed by atoms with Crippen molar-refractivity contribution in [1.82, 2.24) is 0 Å². The molecule has 8 nitrogen and oxygen atoms in total. The number of nitro benzene ring substituents is 1. The van der Waals surface area contributed by atoms with E-state index >= 15 is 0 Å². The third-order valence-electron chi connectivity index (χ3n) is 4.11. The average molecular weight is 339 g/mol. The number of fused-ring (bicyclic) bond motifs is 1. The Morgan fingerprint density at radius 3 is 2.60 bits per heavy atom. The molecule has 0 radical (unpaired) electrons. The van der Waals surface area contributed by atoms with Gasteiger partial charge >= 0.3 is 0 Å². The van der Waals surface area contributed by atoms with Gasteiger partial charge in [-0.3, -0.25) is 14.9 Å². The van der Waals surface area contributed by atoms with Crippen molar-refractivity contribution in [2.45, 2.75) is 13.3 Å². The van der Waals surface area contributed by atoms with Gasteiger partial charge < -0.3 is 10.6 Å². The molecule has 0 fully saturated rings. The average Bonchev–Trinajstić information content (AvgIpc) is 2.61. The standard InChI is InChI=1S/C17H17N5O3/c1-2-21-8-7-17(23)13-9-15(14(18)10-16(13)21)20-19-11-3-5-12(6-4-11)22(24)25/h3-6,9-10H,2,7-8,18H2,1H3. The van der Waals surface area contributed by atoms with E-state index in [1.807, 2.05) is 6.92 Å². The second-order valence-electron chi connectivity index (χ2n) is 5.65. The zero-order valence-corrected chi connectivity index (χ0v) is 13.7. The van der Waals surface area contributed by atoms with Crippen molar-refractivity contribution in [2.75, 3.05) is 23.7 Å². The lowest BCUT2D eigenvalue weighted by molar-refractivity contribution is -0.384. The molecule has 2 aromatic rings. The van der Waals surface area contributed by atoms with Crippen LogP contribution in [0.5, 0.6) is 0 Å². The Morgan fingerprint density at radius 2 is 1.96 bits per heavy atom. The van der Waals surface area contributed by atoms with Crippen LogP contribution in [0.1, 0.15) is 23.7 Å². The molecule has 0 amide bonds. The molecular formula is C17H17N5O3. The molecule has 1 heterocycles. The molecule has 0 saturated carbocycles. The van der Waals surface area contributed by atoms with Crippen molar-refractivity contribution >= 4 is 34.2 Å². The summed E-state index contributed by atoms with van der Waals surface area (Å²) in [7, 11) is 0. The van der Waals surface area contributed by atoms with Gasteiger partial charge in [0.1, 0.15) is 5.69 Å². The smallest absolute Gasteiger partial charge is 0.269 e. The number of ketones is 1. The SMILES string of the molecule is CCN1CCC(=O)c2cc(N=Nc3ccc([N+](=O)[O-])cc3)c(N)cc21. The molecule has 1 aliphatic rings. The number of benzene rings is 2. The van der Waals surface area contributed by atoms with E-state index in [0.717, 1.165) is 12.2 Å². The summed E-state index contributed by atoms with van der Waals surface area (Å²) in [5.74, 6) is 0.0616. The zero-order chi connectivity index (χ0) is 18.0. The van der Waals surface area contributed by atoms with Crippen molar-refractivity contribution in [3.05, 3.63) is 52.1 Å². The van der Waals surface area contributed by atoms with Gasteiger partial charge in [-0.25, -0.2) is 0 Å².